The fourth-order valence-electron chi connectivity index (χ4n) is 2.27. The number of fused-ring (bicyclic) bond motifs is 1. The lowest BCUT2D eigenvalue weighted by atomic mass is 10.1. The normalized spacial score (nSPS) is 11.1. The first-order valence-electron chi connectivity index (χ1n) is 6.21. The molecule has 19 heavy (non-hydrogen) atoms. The van der Waals surface area contributed by atoms with Gasteiger partial charge in [0.2, 0.25) is 0 Å². The van der Waals surface area contributed by atoms with Crippen molar-refractivity contribution < 1.29 is 0 Å². The zero-order valence-corrected chi connectivity index (χ0v) is 11.1. The molecule has 3 nitrogen and oxygen atoms in total. The summed E-state index contributed by atoms with van der Waals surface area (Å²) in [5.74, 6) is 0. The molecular weight excluding hydrogens is 258 g/mol. The molecule has 96 valence electrons. The summed E-state index contributed by atoms with van der Waals surface area (Å²) in [4.78, 5) is 4.69. The Morgan fingerprint density at radius 3 is 2.68 bits per heavy atom. The van der Waals surface area contributed by atoms with E-state index in [0.29, 0.717) is 11.6 Å². The van der Waals surface area contributed by atoms with Crippen molar-refractivity contribution in [3.63, 3.8) is 0 Å². The average molecular weight is 272 g/mol. The molecule has 0 radical (unpaired) electrons. The highest BCUT2D eigenvalue weighted by Gasteiger charge is 2.13. The van der Waals surface area contributed by atoms with Gasteiger partial charge in [0.25, 0.3) is 0 Å². The van der Waals surface area contributed by atoms with Crippen molar-refractivity contribution in [3.05, 3.63) is 59.4 Å². The molecule has 0 fully saturated rings. The van der Waals surface area contributed by atoms with Crippen LogP contribution in [-0.2, 0) is 6.42 Å². The van der Waals surface area contributed by atoms with E-state index in [4.69, 9.17) is 17.3 Å². The number of hydrogen-bond acceptors (Lipinski definition) is 2. The number of benzene rings is 1. The van der Waals surface area contributed by atoms with Gasteiger partial charge in [-0.2, -0.15) is 0 Å². The Bertz CT molecular complexity index is 704. The van der Waals surface area contributed by atoms with Crippen LogP contribution in [0.4, 0.5) is 0 Å². The minimum absolute atomic E-state index is 0.594. The molecule has 0 unspecified atom stereocenters. The molecule has 2 aromatic heterocycles. The van der Waals surface area contributed by atoms with Crippen LogP contribution in [0.2, 0.25) is 5.02 Å². The minimum Gasteiger partial charge on any atom is -0.330 e. The summed E-state index contributed by atoms with van der Waals surface area (Å²) in [5.41, 5.74) is 9.78. The third kappa shape index (κ3) is 2.23. The van der Waals surface area contributed by atoms with Crippen molar-refractivity contribution in [2.24, 2.45) is 5.73 Å². The van der Waals surface area contributed by atoms with Gasteiger partial charge in [-0.25, -0.2) is 4.98 Å². The Morgan fingerprint density at radius 1 is 1.16 bits per heavy atom. The van der Waals surface area contributed by atoms with Gasteiger partial charge in [0.15, 0.2) is 0 Å². The van der Waals surface area contributed by atoms with E-state index in [0.717, 1.165) is 29.0 Å². The number of nitrogens with zero attached hydrogens (tertiary/aromatic N) is 2. The Morgan fingerprint density at radius 2 is 1.95 bits per heavy atom. The largest absolute Gasteiger partial charge is 0.330 e. The fraction of sp³-hybridized carbons (Fsp3) is 0.133. The van der Waals surface area contributed by atoms with Gasteiger partial charge in [0, 0.05) is 29.3 Å². The number of pyridine rings is 1. The zero-order chi connectivity index (χ0) is 13.2. The summed E-state index contributed by atoms with van der Waals surface area (Å²) < 4.78 is 2.06. The second kappa shape index (κ2) is 5.03. The number of rotatable bonds is 3. The molecule has 3 aromatic rings. The predicted octanol–water partition coefficient (Wildman–Crippen LogP) is 3.16. The van der Waals surface area contributed by atoms with Crippen molar-refractivity contribution in [1.82, 2.24) is 9.38 Å². The van der Waals surface area contributed by atoms with E-state index < -0.39 is 0 Å². The van der Waals surface area contributed by atoms with Crippen LogP contribution in [0, 0.1) is 0 Å². The van der Waals surface area contributed by atoms with Gasteiger partial charge < -0.3 is 10.1 Å². The van der Waals surface area contributed by atoms with E-state index in [2.05, 4.69) is 21.5 Å². The molecule has 0 bridgehead atoms. The molecule has 0 aliphatic carbocycles. The summed E-state index contributed by atoms with van der Waals surface area (Å²) in [6.45, 7) is 0.594. The highest BCUT2D eigenvalue weighted by atomic mass is 35.5. The third-order valence-electron chi connectivity index (χ3n) is 3.12. The molecule has 0 saturated heterocycles. The second-order valence-corrected chi connectivity index (χ2v) is 4.82. The fourth-order valence-corrected chi connectivity index (χ4v) is 2.43. The van der Waals surface area contributed by atoms with Crippen molar-refractivity contribution in [2.45, 2.75) is 6.42 Å². The summed E-state index contributed by atoms with van der Waals surface area (Å²) in [6.07, 6.45) is 2.73. The van der Waals surface area contributed by atoms with Crippen LogP contribution >= 0.6 is 11.6 Å². The molecule has 2 heterocycles. The van der Waals surface area contributed by atoms with E-state index in [1.165, 1.54) is 0 Å². The van der Waals surface area contributed by atoms with Crippen LogP contribution in [0.1, 0.15) is 5.69 Å². The lowest BCUT2D eigenvalue weighted by Crippen LogP contribution is -2.06. The first kappa shape index (κ1) is 12.2. The van der Waals surface area contributed by atoms with Crippen molar-refractivity contribution in [1.29, 1.82) is 0 Å². The lowest BCUT2D eigenvalue weighted by Gasteiger charge is -2.03. The maximum absolute atomic E-state index is 6.03. The molecule has 0 saturated carbocycles. The number of halogens is 1. The zero-order valence-electron chi connectivity index (χ0n) is 10.4. The topological polar surface area (TPSA) is 43.3 Å². The summed E-state index contributed by atoms with van der Waals surface area (Å²) in [5, 5.41) is 0.691. The van der Waals surface area contributed by atoms with Crippen LogP contribution in [0.5, 0.6) is 0 Å². The number of imidazole rings is 1. The van der Waals surface area contributed by atoms with E-state index in [1.807, 2.05) is 36.5 Å². The molecule has 2 N–H and O–H groups in total. The van der Waals surface area contributed by atoms with E-state index in [9.17, 15) is 0 Å². The van der Waals surface area contributed by atoms with Crippen LogP contribution in [0.3, 0.4) is 0 Å². The van der Waals surface area contributed by atoms with E-state index in [-0.39, 0.29) is 0 Å². The quantitative estimate of drug-likeness (QED) is 0.795. The Balaban J connectivity index is 2.26. The van der Waals surface area contributed by atoms with E-state index >= 15 is 0 Å². The molecule has 4 heteroatoms. The number of hydrogen-bond donors (Lipinski definition) is 1. The predicted molar refractivity (Wildman–Crippen MR) is 78.4 cm³/mol. The summed E-state index contributed by atoms with van der Waals surface area (Å²) in [7, 11) is 0. The first-order chi connectivity index (χ1) is 9.29. The maximum atomic E-state index is 6.03. The third-order valence-corrected chi connectivity index (χ3v) is 3.35. The summed E-state index contributed by atoms with van der Waals surface area (Å²) >= 11 is 6.03. The number of aromatic nitrogens is 2. The molecular formula is C15H14ClN3. The SMILES string of the molecule is NCCc1c(-c2ccccc2)nc2cc(Cl)ccn12. The average Bonchev–Trinajstić information content (AvgIpc) is 2.78. The van der Waals surface area contributed by atoms with E-state index in [1.54, 1.807) is 0 Å². The van der Waals surface area contributed by atoms with Crippen LogP contribution in [0.15, 0.2) is 48.7 Å². The second-order valence-electron chi connectivity index (χ2n) is 4.38. The lowest BCUT2D eigenvalue weighted by molar-refractivity contribution is 0.907. The number of nitrogens with two attached hydrogens (primary N) is 1. The monoisotopic (exact) mass is 271 g/mol. The van der Waals surface area contributed by atoms with Gasteiger partial charge in [-0.1, -0.05) is 41.9 Å². The van der Waals surface area contributed by atoms with Crippen LogP contribution in [0.25, 0.3) is 16.9 Å². The smallest absolute Gasteiger partial charge is 0.139 e. The summed E-state index contributed by atoms with van der Waals surface area (Å²) in [6, 6.07) is 13.9. The van der Waals surface area contributed by atoms with Gasteiger partial charge in [-0.3, -0.25) is 0 Å². The molecule has 1 aromatic carbocycles. The minimum atomic E-state index is 0.594. The Kier molecular flexibility index (Phi) is 3.23. The standard InChI is InChI=1S/C15H14ClN3/c16-12-7-9-19-13(6-8-17)15(18-14(19)10-12)11-4-2-1-3-5-11/h1-5,7,9-10H,6,8,17H2. The molecule has 0 atom stereocenters. The molecule has 3 rings (SSSR count). The van der Waals surface area contributed by atoms with Crippen molar-refractivity contribution in [2.75, 3.05) is 6.54 Å². The molecule has 0 amide bonds. The first-order valence-corrected chi connectivity index (χ1v) is 6.59. The van der Waals surface area contributed by atoms with Crippen molar-refractivity contribution in [3.8, 4) is 11.3 Å². The van der Waals surface area contributed by atoms with Crippen molar-refractivity contribution >= 4 is 17.2 Å². The maximum Gasteiger partial charge on any atom is 0.139 e. The van der Waals surface area contributed by atoms with Crippen LogP contribution < -0.4 is 5.73 Å². The molecule has 0 spiro atoms. The van der Waals surface area contributed by atoms with Gasteiger partial charge in [0.05, 0.1) is 11.4 Å². The van der Waals surface area contributed by atoms with Gasteiger partial charge in [-0.15, -0.1) is 0 Å². The van der Waals surface area contributed by atoms with Gasteiger partial charge >= 0.3 is 0 Å². The Hall–Kier alpha value is -1.84. The van der Waals surface area contributed by atoms with Crippen LogP contribution in [-0.4, -0.2) is 15.9 Å². The highest BCUT2D eigenvalue weighted by molar-refractivity contribution is 6.30. The molecule has 0 aliphatic heterocycles. The Labute approximate surface area is 116 Å². The van der Waals surface area contributed by atoms with Gasteiger partial charge in [0.1, 0.15) is 5.65 Å². The highest BCUT2D eigenvalue weighted by Crippen LogP contribution is 2.25. The molecule has 0 aliphatic rings. The van der Waals surface area contributed by atoms with Gasteiger partial charge in [-0.05, 0) is 12.6 Å².